The second kappa shape index (κ2) is 13.5. The molecule has 3 atom stereocenters. The maximum Gasteiger partial charge on any atom is 0.408 e. The van der Waals surface area contributed by atoms with Crippen molar-refractivity contribution in [3.63, 3.8) is 0 Å². The summed E-state index contributed by atoms with van der Waals surface area (Å²) in [6, 6.07) is -2.03. The zero-order valence-electron chi connectivity index (χ0n) is 26.2. The molecule has 3 aliphatic rings. The lowest BCUT2D eigenvalue weighted by Gasteiger charge is -2.30. The van der Waals surface area contributed by atoms with Crippen LogP contribution in [0.4, 0.5) is 4.79 Å². The van der Waals surface area contributed by atoms with Gasteiger partial charge in [0.05, 0.1) is 23.6 Å². The summed E-state index contributed by atoms with van der Waals surface area (Å²) in [5.74, 6) is -1.86. The van der Waals surface area contributed by atoms with E-state index in [4.69, 9.17) is 14.2 Å². The highest BCUT2D eigenvalue weighted by atomic mass is 32.2. The summed E-state index contributed by atoms with van der Waals surface area (Å²) in [5, 5.41) is 4.80. The number of hydrogen-bond acceptors (Lipinski definition) is 9. The van der Waals surface area contributed by atoms with Crippen LogP contribution in [-0.4, -0.2) is 97.1 Å². The van der Waals surface area contributed by atoms with Gasteiger partial charge in [-0.05, 0) is 80.1 Å². The predicted molar refractivity (Wildman–Crippen MR) is 158 cm³/mol. The number of rotatable bonds is 14. The highest BCUT2D eigenvalue weighted by Crippen LogP contribution is 2.38. The van der Waals surface area contributed by atoms with Crippen molar-refractivity contribution in [1.29, 1.82) is 0 Å². The Labute approximate surface area is 254 Å². The van der Waals surface area contributed by atoms with Gasteiger partial charge in [-0.1, -0.05) is 6.08 Å². The van der Waals surface area contributed by atoms with E-state index in [9.17, 15) is 27.6 Å². The Kier molecular flexibility index (Phi) is 10.9. The minimum Gasteiger partial charge on any atom is -0.444 e. The molecule has 4 amide bonds. The molecule has 0 aromatic rings. The minimum atomic E-state index is -3.79. The molecular formula is C29H48N4O9S. The molecule has 1 heterocycles. The van der Waals surface area contributed by atoms with Crippen molar-refractivity contribution in [1.82, 2.24) is 20.3 Å². The third kappa shape index (κ3) is 10.5. The van der Waals surface area contributed by atoms with E-state index in [0.29, 0.717) is 32.5 Å². The molecule has 0 aromatic heterocycles. The van der Waals surface area contributed by atoms with E-state index in [1.165, 1.54) is 4.90 Å². The van der Waals surface area contributed by atoms with Gasteiger partial charge in [-0.15, -0.1) is 6.58 Å². The zero-order chi connectivity index (χ0) is 32.2. The lowest BCUT2D eigenvalue weighted by molar-refractivity contribution is -0.141. The molecule has 1 saturated heterocycles. The third-order valence-electron chi connectivity index (χ3n) is 7.12. The number of alkyl carbamates (subject to hydrolysis) is 1. The fraction of sp³-hybridized carbons (Fsp3) is 0.793. The number of ether oxygens (including phenoxy) is 3. The first-order valence-corrected chi connectivity index (χ1v) is 16.4. The molecule has 0 aromatic carbocycles. The largest absolute Gasteiger partial charge is 0.444 e. The van der Waals surface area contributed by atoms with E-state index in [-0.39, 0.29) is 32.2 Å². The van der Waals surface area contributed by atoms with Gasteiger partial charge in [-0.3, -0.25) is 19.1 Å². The van der Waals surface area contributed by atoms with E-state index < -0.39 is 74.0 Å². The summed E-state index contributed by atoms with van der Waals surface area (Å²) in [6.07, 6.45) is 2.71. The summed E-state index contributed by atoms with van der Waals surface area (Å²) in [4.78, 5) is 54.6. The molecule has 244 valence electrons. The van der Waals surface area contributed by atoms with Gasteiger partial charge in [0.25, 0.3) is 5.91 Å². The summed E-state index contributed by atoms with van der Waals surface area (Å²) in [6.45, 7) is 15.1. The molecule has 1 aliphatic heterocycles. The van der Waals surface area contributed by atoms with Crippen LogP contribution < -0.4 is 15.4 Å². The number of sulfonamides is 1. The molecule has 3 fully saturated rings. The van der Waals surface area contributed by atoms with Crippen LogP contribution in [0.1, 0.15) is 86.5 Å². The summed E-state index contributed by atoms with van der Waals surface area (Å²) < 4.78 is 43.8. The maximum atomic E-state index is 14.0. The fourth-order valence-electron chi connectivity index (χ4n) is 4.88. The summed E-state index contributed by atoms with van der Waals surface area (Å²) in [7, 11) is -3.79. The van der Waals surface area contributed by atoms with Crippen molar-refractivity contribution in [3.8, 4) is 0 Å². The molecule has 3 rings (SSSR count). The quantitative estimate of drug-likeness (QED) is 0.192. The van der Waals surface area contributed by atoms with Crippen molar-refractivity contribution >= 4 is 33.8 Å². The molecule has 13 nitrogen and oxygen atoms in total. The first kappa shape index (κ1) is 34.8. The molecule has 2 saturated carbocycles. The van der Waals surface area contributed by atoms with Gasteiger partial charge in [-0.2, -0.15) is 0 Å². The van der Waals surface area contributed by atoms with Gasteiger partial charge in [0.2, 0.25) is 21.8 Å². The third-order valence-corrected chi connectivity index (χ3v) is 8.94. The minimum absolute atomic E-state index is 0.0862. The Balaban J connectivity index is 1.78. The maximum absolute atomic E-state index is 14.0. The van der Waals surface area contributed by atoms with Crippen LogP contribution in [-0.2, 0) is 38.6 Å². The first-order valence-electron chi connectivity index (χ1n) is 14.9. The Bertz CT molecular complexity index is 1170. The average molecular weight is 629 g/mol. The SMILES string of the molecule is C=CCOCCC[C@H](NC(=O)OC(C)(C)C)C(=O)N1C[C@H](OC(C)(C)C)C[C@H]1C(=O)NC1(C(=O)NS(=O)(=O)C2CC2)CC1. The van der Waals surface area contributed by atoms with E-state index in [0.717, 1.165) is 0 Å². The van der Waals surface area contributed by atoms with Crippen LogP contribution in [0.2, 0.25) is 0 Å². The van der Waals surface area contributed by atoms with Crippen molar-refractivity contribution in [2.45, 2.75) is 127 Å². The van der Waals surface area contributed by atoms with Gasteiger partial charge in [-0.25, -0.2) is 13.2 Å². The smallest absolute Gasteiger partial charge is 0.408 e. The molecular weight excluding hydrogens is 580 g/mol. The Morgan fingerprint density at radius 2 is 1.72 bits per heavy atom. The van der Waals surface area contributed by atoms with Crippen molar-refractivity contribution in [2.24, 2.45) is 0 Å². The Morgan fingerprint density at radius 3 is 2.26 bits per heavy atom. The van der Waals surface area contributed by atoms with E-state index >= 15 is 0 Å². The molecule has 0 spiro atoms. The lowest BCUT2D eigenvalue weighted by Crippen LogP contribution is -2.58. The number of likely N-dealkylation sites (tertiary alicyclic amines) is 1. The van der Waals surface area contributed by atoms with E-state index in [2.05, 4.69) is 21.9 Å². The second-order valence-electron chi connectivity index (χ2n) is 13.5. The van der Waals surface area contributed by atoms with Crippen LogP contribution in [0.15, 0.2) is 12.7 Å². The Morgan fingerprint density at radius 1 is 1.07 bits per heavy atom. The molecule has 14 heteroatoms. The molecule has 2 aliphatic carbocycles. The molecule has 0 bridgehead atoms. The Hall–Kier alpha value is -2.71. The number of hydrogen-bond donors (Lipinski definition) is 3. The highest BCUT2D eigenvalue weighted by Gasteiger charge is 2.55. The molecule has 0 radical (unpaired) electrons. The van der Waals surface area contributed by atoms with Gasteiger partial charge in [0.1, 0.15) is 23.2 Å². The van der Waals surface area contributed by atoms with Crippen LogP contribution >= 0.6 is 0 Å². The second-order valence-corrected chi connectivity index (χ2v) is 15.5. The highest BCUT2D eigenvalue weighted by molar-refractivity contribution is 7.91. The fourth-order valence-corrected chi connectivity index (χ4v) is 6.26. The molecule has 0 unspecified atom stereocenters. The van der Waals surface area contributed by atoms with Gasteiger partial charge in [0.15, 0.2) is 0 Å². The van der Waals surface area contributed by atoms with Crippen LogP contribution in [0, 0.1) is 0 Å². The summed E-state index contributed by atoms with van der Waals surface area (Å²) in [5.41, 5.74) is -2.71. The number of nitrogens with one attached hydrogen (secondary N) is 3. The van der Waals surface area contributed by atoms with Gasteiger partial charge in [0, 0.05) is 19.6 Å². The van der Waals surface area contributed by atoms with Gasteiger partial charge < -0.3 is 29.7 Å². The average Bonchev–Trinajstić information content (AvgIpc) is 3.78. The molecule has 3 N–H and O–H groups in total. The zero-order valence-corrected chi connectivity index (χ0v) is 27.0. The topological polar surface area (TPSA) is 169 Å². The number of carbonyl (C=O) groups is 4. The summed E-state index contributed by atoms with van der Waals surface area (Å²) >= 11 is 0. The van der Waals surface area contributed by atoms with Gasteiger partial charge >= 0.3 is 6.09 Å². The molecule has 43 heavy (non-hydrogen) atoms. The number of nitrogens with zero attached hydrogens (tertiary/aromatic N) is 1. The van der Waals surface area contributed by atoms with Crippen molar-refractivity contribution in [2.75, 3.05) is 19.8 Å². The lowest BCUT2D eigenvalue weighted by atomic mass is 10.1. The normalized spacial score (nSPS) is 22.3. The van der Waals surface area contributed by atoms with E-state index in [1.54, 1.807) is 26.8 Å². The first-order chi connectivity index (χ1) is 19.9. The standard InChI is InChI=1S/C29H48N4O9S/c1-8-15-40-16-9-10-21(30-26(37)42-28(5,6)7)24(35)33-18-19(41-27(2,3)4)17-22(33)23(34)31-29(13-14-29)25(36)32-43(38,39)20-11-12-20/h8,19-22H,1,9-18H2,2-7H3,(H,30,37)(H,31,34)(H,32,36)/t19-,21+,22+/m1/s1. The number of amides is 4. The van der Waals surface area contributed by atoms with Crippen molar-refractivity contribution in [3.05, 3.63) is 12.7 Å². The van der Waals surface area contributed by atoms with Crippen LogP contribution in [0.5, 0.6) is 0 Å². The van der Waals surface area contributed by atoms with Crippen LogP contribution in [0.3, 0.4) is 0 Å². The number of carbonyl (C=O) groups excluding carboxylic acids is 4. The van der Waals surface area contributed by atoms with Crippen LogP contribution in [0.25, 0.3) is 0 Å². The van der Waals surface area contributed by atoms with E-state index in [1.807, 2.05) is 20.8 Å². The monoisotopic (exact) mass is 628 g/mol. The predicted octanol–water partition coefficient (Wildman–Crippen LogP) is 1.90. The van der Waals surface area contributed by atoms with Crippen molar-refractivity contribution < 1.29 is 41.8 Å².